The summed E-state index contributed by atoms with van der Waals surface area (Å²) in [6.45, 7) is 3.62. The van der Waals surface area contributed by atoms with E-state index < -0.39 is 16.4 Å². The van der Waals surface area contributed by atoms with Crippen LogP contribution < -0.4 is 0 Å². The second-order valence-corrected chi connectivity index (χ2v) is 6.38. The van der Waals surface area contributed by atoms with Crippen molar-refractivity contribution in [2.75, 3.05) is 0 Å². The highest BCUT2D eigenvalue weighted by molar-refractivity contribution is 6.02. The fraction of sp³-hybridized carbons (Fsp3) is 0.150. The zero-order valence-corrected chi connectivity index (χ0v) is 14.8. The van der Waals surface area contributed by atoms with E-state index in [4.69, 9.17) is 5.11 Å². The number of amidine groups is 1. The van der Waals surface area contributed by atoms with Crippen molar-refractivity contribution in [3.05, 3.63) is 83.2 Å². The number of aliphatic imine (C=N–C) groups is 1. The van der Waals surface area contributed by atoms with Gasteiger partial charge in [-0.05, 0) is 36.4 Å². The summed E-state index contributed by atoms with van der Waals surface area (Å²) < 4.78 is 12.2. The monoisotopic (exact) mass is 367 g/mol. The number of aliphatic carboxylic acids is 1. The number of pyridine rings is 1. The van der Waals surface area contributed by atoms with E-state index in [9.17, 15) is 14.4 Å². The van der Waals surface area contributed by atoms with Crippen molar-refractivity contribution in [1.29, 1.82) is 0 Å². The summed E-state index contributed by atoms with van der Waals surface area (Å²) in [5, 5.41) is 22.9. The molecule has 1 aliphatic rings. The Morgan fingerprint density at radius 1 is 1.22 bits per heavy atom. The van der Waals surface area contributed by atoms with Crippen molar-refractivity contribution >= 4 is 23.2 Å². The Morgan fingerprint density at radius 2 is 1.93 bits per heavy atom. The molecule has 1 unspecified atom stereocenters. The third-order valence-corrected chi connectivity index (χ3v) is 4.12. The molecule has 0 aliphatic carbocycles. The average molecular weight is 367 g/mol. The van der Waals surface area contributed by atoms with Gasteiger partial charge in [0.25, 0.3) is 0 Å². The number of carbonyl (C=O) groups is 1. The molecule has 0 amide bonds. The highest BCUT2D eigenvalue weighted by Crippen LogP contribution is 2.43. The minimum Gasteiger partial charge on any atom is -0.616 e. The number of nitrogens with zero attached hydrogens (tertiary/aromatic N) is 3. The van der Waals surface area contributed by atoms with Crippen molar-refractivity contribution in [2.24, 2.45) is 10.9 Å². The van der Waals surface area contributed by atoms with Gasteiger partial charge in [-0.25, -0.2) is 9.18 Å². The van der Waals surface area contributed by atoms with E-state index >= 15 is 0 Å². The predicted octanol–water partition coefficient (Wildman–Crippen LogP) is 4.03. The van der Waals surface area contributed by atoms with Crippen LogP contribution in [-0.4, -0.2) is 26.5 Å². The molecule has 1 atom stereocenters. The van der Waals surface area contributed by atoms with E-state index in [1.165, 1.54) is 18.3 Å². The number of rotatable bonds is 5. The Kier molecular flexibility index (Phi) is 4.98. The van der Waals surface area contributed by atoms with E-state index in [1.807, 2.05) is 13.8 Å². The average Bonchev–Trinajstić information content (AvgIpc) is 2.95. The number of hydroxylamine groups is 3. The molecule has 2 aromatic rings. The van der Waals surface area contributed by atoms with Gasteiger partial charge in [-0.15, -0.1) is 0 Å². The highest BCUT2D eigenvalue weighted by Gasteiger charge is 2.41. The first-order valence-corrected chi connectivity index (χ1v) is 8.35. The Balaban J connectivity index is 2.30. The van der Waals surface area contributed by atoms with Gasteiger partial charge in [0.15, 0.2) is 5.70 Å². The number of carboxylic acids is 1. The number of hydrogen-bond acceptors (Lipinski definition) is 4. The third kappa shape index (κ3) is 3.55. The molecule has 0 radical (unpaired) electrons. The third-order valence-electron chi connectivity index (χ3n) is 4.12. The molecule has 7 heteroatoms. The molecule has 1 aliphatic heterocycles. The van der Waals surface area contributed by atoms with Gasteiger partial charge in [-0.2, -0.15) is 4.99 Å². The van der Waals surface area contributed by atoms with Gasteiger partial charge in [0, 0.05) is 23.9 Å². The van der Waals surface area contributed by atoms with Gasteiger partial charge < -0.3 is 10.3 Å². The van der Waals surface area contributed by atoms with Gasteiger partial charge in [-0.3, -0.25) is 9.63 Å². The van der Waals surface area contributed by atoms with Crippen LogP contribution in [0.5, 0.6) is 0 Å². The lowest BCUT2D eigenvalue weighted by molar-refractivity contribution is -0.648. The number of benzene rings is 1. The lowest BCUT2D eigenvalue weighted by Gasteiger charge is -2.38. The lowest BCUT2D eigenvalue weighted by atomic mass is 10.1. The van der Waals surface area contributed by atoms with Crippen LogP contribution in [0, 0.1) is 16.9 Å². The molecule has 138 valence electrons. The van der Waals surface area contributed by atoms with Crippen LogP contribution >= 0.6 is 0 Å². The normalized spacial score (nSPS) is 19.8. The maximum atomic E-state index is 13.9. The summed E-state index contributed by atoms with van der Waals surface area (Å²) in [6.07, 6.45) is 4.97. The molecular formula is C20H18FN3O3. The summed E-state index contributed by atoms with van der Waals surface area (Å²) in [4.78, 5) is 19.7. The Morgan fingerprint density at radius 3 is 2.48 bits per heavy atom. The molecule has 0 spiro atoms. The second kappa shape index (κ2) is 7.22. The van der Waals surface area contributed by atoms with Crippen molar-refractivity contribution in [2.45, 2.75) is 13.8 Å². The molecule has 0 fully saturated rings. The minimum absolute atomic E-state index is 0.241. The molecule has 0 saturated heterocycles. The molecule has 1 aromatic carbocycles. The quantitative estimate of drug-likeness (QED) is 0.491. The van der Waals surface area contributed by atoms with Crippen LogP contribution in [0.1, 0.15) is 25.0 Å². The summed E-state index contributed by atoms with van der Waals surface area (Å²) in [5.41, 5.74) is 1.70. The molecule has 1 N–H and O–H groups in total. The fourth-order valence-corrected chi connectivity index (χ4v) is 2.99. The van der Waals surface area contributed by atoms with Gasteiger partial charge in [0.1, 0.15) is 17.7 Å². The van der Waals surface area contributed by atoms with Gasteiger partial charge >= 0.3 is 5.97 Å². The van der Waals surface area contributed by atoms with Gasteiger partial charge in [0.05, 0.1) is 11.6 Å². The van der Waals surface area contributed by atoms with Crippen molar-refractivity contribution in [1.82, 2.24) is 4.98 Å². The first kappa shape index (κ1) is 18.6. The van der Waals surface area contributed by atoms with Crippen LogP contribution in [0.4, 0.5) is 4.39 Å². The summed E-state index contributed by atoms with van der Waals surface area (Å²) in [5.74, 6) is -1.63. The van der Waals surface area contributed by atoms with Crippen LogP contribution in [0.15, 0.2) is 66.1 Å². The van der Waals surface area contributed by atoms with E-state index in [0.717, 1.165) is 12.3 Å². The highest BCUT2D eigenvalue weighted by atomic mass is 19.1. The van der Waals surface area contributed by atoms with Crippen molar-refractivity contribution in [3.63, 3.8) is 0 Å². The number of halogens is 1. The van der Waals surface area contributed by atoms with Crippen molar-refractivity contribution < 1.29 is 18.9 Å². The van der Waals surface area contributed by atoms with Crippen LogP contribution in [0.3, 0.4) is 0 Å². The molecule has 3 rings (SSSR count). The first-order chi connectivity index (χ1) is 12.8. The number of carboxylic acid groups (broad SMARTS) is 1. The lowest BCUT2D eigenvalue weighted by Crippen LogP contribution is -2.41. The summed E-state index contributed by atoms with van der Waals surface area (Å²) >= 11 is 0. The molecule has 0 saturated carbocycles. The fourth-order valence-electron chi connectivity index (χ4n) is 2.99. The van der Waals surface area contributed by atoms with E-state index in [-0.39, 0.29) is 17.5 Å². The largest absolute Gasteiger partial charge is 0.616 e. The van der Waals surface area contributed by atoms with E-state index in [1.54, 1.807) is 30.5 Å². The molecule has 1 aromatic heterocycles. The zero-order valence-electron chi connectivity index (χ0n) is 14.8. The summed E-state index contributed by atoms with van der Waals surface area (Å²) in [6, 6.07) is 9.06. The van der Waals surface area contributed by atoms with Crippen molar-refractivity contribution in [3.8, 4) is 0 Å². The summed E-state index contributed by atoms with van der Waals surface area (Å²) in [7, 11) is 0. The van der Waals surface area contributed by atoms with Crippen LogP contribution in [0.25, 0.3) is 11.4 Å². The number of hydrogen-bond donors (Lipinski definition) is 1. The predicted molar refractivity (Wildman–Crippen MR) is 100 cm³/mol. The Bertz CT molecular complexity index is 950. The minimum atomic E-state index is -1.23. The second-order valence-electron chi connectivity index (χ2n) is 6.38. The van der Waals surface area contributed by atoms with Crippen LogP contribution in [-0.2, 0) is 4.79 Å². The molecular weight excluding hydrogens is 349 g/mol. The van der Waals surface area contributed by atoms with E-state index in [2.05, 4.69) is 9.98 Å². The standard InChI is InChI=1S/C20H18FN3O3/c1-13(2)20-23-18(14-5-7-16(21)8-6-14)19(15-4-3-10-22-12-15)24(20,27)11-9-17(25)26/h3-13H,1-2H3,(H,25,26)/b11-9+. The Hall–Kier alpha value is -3.16. The number of aromatic nitrogens is 1. The maximum absolute atomic E-state index is 13.9. The molecule has 0 bridgehead atoms. The SMILES string of the molecule is CC(C)C1=NC(c2ccc(F)cc2)=C(c2cccnc2)[N+]1([O-])/C=C/C(=O)O. The van der Waals surface area contributed by atoms with E-state index in [0.29, 0.717) is 16.8 Å². The van der Waals surface area contributed by atoms with Gasteiger partial charge in [-0.1, -0.05) is 13.8 Å². The van der Waals surface area contributed by atoms with Crippen LogP contribution in [0.2, 0.25) is 0 Å². The Labute approximate surface area is 155 Å². The molecule has 6 nitrogen and oxygen atoms in total. The maximum Gasteiger partial charge on any atom is 0.333 e. The van der Waals surface area contributed by atoms with Gasteiger partial charge in [0.2, 0.25) is 5.84 Å². The molecule has 27 heavy (non-hydrogen) atoms. The molecule has 2 heterocycles. The zero-order chi connectivity index (χ0) is 19.6. The number of quaternary nitrogens is 1. The first-order valence-electron chi connectivity index (χ1n) is 8.35. The smallest absolute Gasteiger partial charge is 0.333 e. The topological polar surface area (TPSA) is 85.6 Å².